The molecule has 72 valence electrons. The first-order chi connectivity index (χ1) is 6.22. The van der Waals surface area contributed by atoms with Crippen LogP contribution in [0.15, 0.2) is 0 Å². The molecule has 0 aliphatic heterocycles. The lowest BCUT2D eigenvalue weighted by atomic mass is 9.80. The van der Waals surface area contributed by atoms with Crippen molar-refractivity contribution in [2.24, 2.45) is 0 Å². The molecular formula is C9H14N2O2. The Labute approximate surface area is 77.9 Å². The maximum absolute atomic E-state index is 11.0. The quantitative estimate of drug-likeness (QED) is 0.692. The fraction of sp³-hybridized carbons (Fsp3) is 0.778. The summed E-state index contributed by atoms with van der Waals surface area (Å²) in [7, 11) is 1.66. The third-order valence-corrected chi connectivity index (χ3v) is 2.55. The van der Waals surface area contributed by atoms with Gasteiger partial charge < -0.3 is 10.1 Å². The molecule has 1 fully saturated rings. The molecule has 0 aromatic rings. The van der Waals surface area contributed by atoms with E-state index in [0.29, 0.717) is 6.54 Å². The van der Waals surface area contributed by atoms with Crippen LogP contribution >= 0.6 is 0 Å². The van der Waals surface area contributed by atoms with E-state index in [1.807, 2.05) is 0 Å². The van der Waals surface area contributed by atoms with Crippen LogP contribution in [0, 0.1) is 11.3 Å². The second kappa shape index (κ2) is 4.24. The maximum Gasteiger partial charge on any atom is 0.234 e. The van der Waals surface area contributed by atoms with Crippen LogP contribution in [0.25, 0.3) is 0 Å². The van der Waals surface area contributed by atoms with Crippen molar-refractivity contribution in [3.05, 3.63) is 0 Å². The van der Waals surface area contributed by atoms with Gasteiger partial charge in [-0.1, -0.05) is 0 Å². The smallest absolute Gasteiger partial charge is 0.234 e. The van der Waals surface area contributed by atoms with Crippen molar-refractivity contribution in [3.8, 4) is 6.07 Å². The first kappa shape index (κ1) is 10.0. The minimum atomic E-state index is -0.217. The lowest BCUT2D eigenvalue weighted by Crippen LogP contribution is -2.49. The zero-order chi connectivity index (χ0) is 9.73. The van der Waals surface area contributed by atoms with Crippen LogP contribution in [-0.4, -0.2) is 25.2 Å². The SMILES string of the molecule is COC1(CNC(=O)CC#N)CCC1. The van der Waals surface area contributed by atoms with Gasteiger partial charge in [-0.05, 0) is 19.3 Å². The number of hydrogen-bond acceptors (Lipinski definition) is 3. The Morgan fingerprint density at radius 1 is 1.69 bits per heavy atom. The summed E-state index contributed by atoms with van der Waals surface area (Å²) < 4.78 is 5.30. The van der Waals surface area contributed by atoms with Crippen molar-refractivity contribution < 1.29 is 9.53 Å². The fourth-order valence-electron chi connectivity index (χ4n) is 1.42. The Hall–Kier alpha value is -1.08. The molecule has 0 aromatic heterocycles. The summed E-state index contributed by atoms with van der Waals surface area (Å²) in [5.41, 5.74) is -0.148. The van der Waals surface area contributed by atoms with Gasteiger partial charge in [-0.25, -0.2) is 0 Å². The summed E-state index contributed by atoms with van der Waals surface area (Å²) in [4.78, 5) is 11.0. The zero-order valence-corrected chi connectivity index (χ0v) is 7.80. The van der Waals surface area contributed by atoms with Gasteiger partial charge in [-0.15, -0.1) is 0 Å². The van der Waals surface area contributed by atoms with Gasteiger partial charge in [-0.3, -0.25) is 4.79 Å². The third-order valence-electron chi connectivity index (χ3n) is 2.55. The molecule has 1 aliphatic carbocycles. The van der Waals surface area contributed by atoms with Gasteiger partial charge in [0.2, 0.25) is 5.91 Å². The van der Waals surface area contributed by atoms with Gasteiger partial charge in [-0.2, -0.15) is 5.26 Å². The van der Waals surface area contributed by atoms with Crippen LogP contribution in [0.1, 0.15) is 25.7 Å². The van der Waals surface area contributed by atoms with Gasteiger partial charge >= 0.3 is 0 Å². The normalized spacial score (nSPS) is 18.5. The van der Waals surface area contributed by atoms with Crippen LogP contribution in [0.4, 0.5) is 0 Å². The first-order valence-electron chi connectivity index (χ1n) is 4.41. The highest BCUT2D eigenvalue weighted by atomic mass is 16.5. The summed E-state index contributed by atoms with van der Waals surface area (Å²) in [5.74, 6) is -0.217. The Balaban J connectivity index is 2.25. The van der Waals surface area contributed by atoms with Gasteiger partial charge in [0.15, 0.2) is 0 Å². The molecule has 0 bridgehead atoms. The van der Waals surface area contributed by atoms with E-state index in [1.165, 1.54) is 0 Å². The number of rotatable bonds is 4. The number of ether oxygens (including phenoxy) is 1. The van der Waals surface area contributed by atoms with Gasteiger partial charge in [0, 0.05) is 13.7 Å². The molecule has 1 aliphatic rings. The summed E-state index contributed by atoms with van der Waals surface area (Å²) in [6.07, 6.45) is 3.08. The van der Waals surface area contributed by atoms with Crippen LogP contribution in [0.3, 0.4) is 0 Å². The van der Waals surface area contributed by atoms with Crippen LogP contribution in [0.5, 0.6) is 0 Å². The van der Waals surface area contributed by atoms with Crippen molar-refractivity contribution >= 4 is 5.91 Å². The summed E-state index contributed by atoms with van der Waals surface area (Å²) in [5, 5.41) is 10.9. The standard InChI is InChI=1S/C9H14N2O2/c1-13-9(4-2-5-9)7-11-8(12)3-6-10/h2-5,7H2,1H3,(H,11,12). The average molecular weight is 182 g/mol. The molecule has 4 heteroatoms. The Kier molecular flexibility index (Phi) is 3.26. The highest BCUT2D eigenvalue weighted by Gasteiger charge is 2.36. The molecule has 1 N–H and O–H groups in total. The molecule has 0 radical (unpaired) electrons. The molecule has 1 amide bonds. The van der Waals surface area contributed by atoms with E-state index in [9.17, 15) is 4.79 Å². The van der Waals surface area contributed by atoms with E-state index < -0.39 is 0 Å². The summed E-state index contributed by atoms with van der Waals surface area (Å²) in [6, 6.07) is 1.80. The molecule has 0 heterocycles. The Bertz CT molecular complexity index is 223. The number of methoxy groups -OCH3 is 1. The molecule has 0 spiro atoms. The fourth-order valence-corrected chi connectivity index (χ4v) is 1.42. The highest BCUT2D eigenvalue weighted by Crippen LogP contribution is 2.34. The average Bonchev–Trinajstić information content (AvgIpc) is 2.04. The molecular weight excluding hydrogens is 168 g/mol. The molecule has 1 rings (SSSR count). The minimum absolute atomic E-state index is 0.0696. The third kappa shape index (κ3) is 2.43. The maximum atomic E-state index is 11.0. The van der Waals surface area contributed by atoms with E-state index in [4.69, 9.17) is 10.00 Å². The van der Waals surface area contributed by atoms with E-state index in [0.717, 1.165) is 19.3 Å². The van der Waals surface area contributed by atoms with Crippen molar-refractivity contribution in [2.75, 3.05) is 13.7 Å². The van der Waals surface area contributed by atoms with E-state index >= 15 is 0 Å². The number of carbonyl (C=O) groups excluding carboxylic acids is 1. The molecule has 0 unspecified atom stereocenters. The summed E-state index contributed by atoms with van der Waals surface area (Å²) in [6.45, 7) is 0.532. The lowest BCUT2D eigenvalue weighted by Gasteiger charge is -2.40. The Morgan fingerprint density at radius 2 is 2.38 bits per heavy atom. The van der Waals surface area contributed by atoms with Gasteiger partial charge in [0.05, 0.1) is 11.7 Å². The molecule has 1 saturated carbocycles. The molecule has 4 nitrogen and oxygen atoms in total. The molecule has 13 heavy (non-hydrogen) atoms. The van der Waals surface area contributed by atoms with Gasteiger partial charge in [0.1, 0.15) is 6.42 Å². The number of hydrogen-bond donors (Lipinski definition) is 1. The molecule has 0 atom stereocenters. The van der Waals surface area contributed by atoms with Crippen molar-refractivity contribution in [2.45, 2.75) is 31.3 Å². The van der Waals surface area contributed by atoms with Crippen molar-refractivity contribution in [1.82, 2.24) is 5.32 Å². The molecule has 0 aromatic carbocycles. The predicted molar refractivity (Wildman–Crippen MR) is 46.8 cm³/mol. The van der Waals surface area contributed by atoms with Crippen LogP contribution in [0.2, 0.25) is 0 Å². The van der Waals surface area contributed by atoms with Crippen LogP contribution < -0.4 is 5.32 Å². The molecule has 0 saturated heterocycles. The number of carbonyl (C=O) groups is 1. The predicted octanol–water partition coefficient (Wildman–Crippen LogP) is 0.585. The highest BCUT2D eigenvalue weighted by molar-refractivity contribution is 5.78. The van der Waals surface area contributed by atoms with Gasteiger partial charge in [0.25, 0.3) is 0 Å². The van der Waals surface area contributed by atoms with E-state index in [2.05, 4.69) is 5.32 Å². The number of nitrogens with zero attached hydrogens (tertiary/aromatic N) is 1. The van der Waals surface area contributed by atoms with Crippen molar-refractivity contribution in [1.29, 1.82) is 5.26 Å². The largest absolute Gasteiger partial charge is 0.376 e. The van der Waals surface area contributed by atoms with Crippen molar-refractivity contribution in [3.63, 3.8) is 0 Å². The first-order valence-corrected chi connectivity index (χ1v) is 4.41. The monoisotopic (exact) mass is 182 g/mol. The van der Waals surface area contributed by atoms with E-state index in [1.54, 1.807) is 13.2 Å². The number of nitrogens with one attached hydrogen (secondary N) is 1. The second-order valence-electron chi connectivity index (χ2n) is 3.35. The number of amides is 1. The topological polar surface area (TPSA) is 62.1 Å². The van der Waals surface area contributed by atoms with E-state index in [-0.39, 0.29) is 17.9 Å². The zero-order valence-electron chi connectivity index (χ0n) is 7.80. The second-order valence-corrected chi connectivity index (χ2v) is 3.35. The lowest BCUT2D eigenvalue weighted by molar-refractivity contribution is -0.123. The summed E-state index contributed by atoms with van der Waals surface area (Å²) >= 11 is 0. The van der Waals surface area contributed by atoms with Crippen LogP contribution in [-0.2, 0) is 9.53 Å². The number of nitriles is 1. The minimum Gasteiger partial charge on any atom is -0.376 e. The Morgan fingerprint density at radius 3 is 2.77 bits per heavy atom.